The average molecular weight is 706 g/mol. The van der Waals surface area contributed by atoms with Crippen LogP contribution in [0.25, 0.3) is 0 Å². The number of nitro groups is 1. The molecule has 246 valence electrons. The van der Waals surface area contributed by atoms with Gasteiger partial charge < -0.3 is 18.9 Å². The summed E-state index contributed by atoms with van der Waals surface area (Å²) >= 11 is 6.76. The Balaban J connectivity index is 1.75. The lowest BCUT2D eigenvalue weighted by molar-refractivity contribution is -0.384. The van der Waals surface area contributed by atoms with Gasteiger partial charge in [-0.1, -0.05) is 36.4 Å². The predicted octanol–water partition coefficient (Wildman–Crippen LogP) is 5.31. The number of non-ortho nitro benzene ring substituents is 1. The molecule has 1 heterocycles. The van der Waals surface area contributed by atoms with Crippen molar-refractivity contribution in [1.82, 2.24) is 0 Å². The molecular formula is C28H23ClF3NO11S2. The topological polar surface area (TPSA) is 158 Å². The molecule has 3 aromatic carbocycles. The second-order valence-corrected chi connectivity index (χ2v) is 12.6. The molecule has 0 amide bonds. The number of halogens is 4. The maximum Gasteiger partial charge on any atom is 0.523 e. The fourth-order valence-electron chi connectivity index (χ4n) is 4.18. The van der Waals surface area contributed by atoms with Gasteiger partial charge in [0.2, 0.25) is 6.29 Å². The number of hydrogen-bond acceptors (Lipinski definition) is 12. The number of ether oxygens (including phenoxy) is 4. The van der Waals surface area contributed by atoms with Crippen LogP contribution in [-0.4, -0.2) is 72.5 Å². The van der Waals surface area contributed by atoms with Crippen LogP contribution in [0.1, 0.15) is 20.7 Å². The first-order valence-corrected chi connectivity index (χ1v) is 16.0. The van der Waals surface area contributed by atoms with E-state index in [1.54, 1.807) is 24.3 Å². The Bertz CT molecular complexity index is 1620. The molecule has 1 aliphatic heterocycles. The van der Waals surface area contributed by atoms with Crippen LogP contribution in [0.15, 0.2) is 84.9 Å². The molecule has 0 aromatic heterocycles. The lowest BCUT2D eigenvalue weighted by Gasteiger charge is -2.44. The first-order valence-electron chi connectivity index (χ1n) is 13.0. The third kappa shape index (κ3) is 8.67. The van der Waals surface area contributed by atoms with Crippen molar-refractivity contribution in [2.45, 2.75) is 35.4 Å². The van der Waals surface area contributed by atoms with E-state index in [0.717, 1.165) is 36.0 Å². The van der Waals surface area contributed by atoms with E-state index in [1.165, 1.54) is 36.4 Å². The third-order valence-corrected chi connectivity index (χ3v) is 8.81. The number of rotatable bonds is 12. The molecule has 4 rings (SSSR count). The molecule has 3 aromatic rings. The van der Waals surface area contributed by atoms with Gasteiger partial charge in [-0.2, -0.15) is 21.6 Å². The van der Waals surface area contributed by atoms with Crippen LogP contribution in [0.5, 0.6) is 5.75 Å². The van der Waals surface area contributed by atoms with E-state index < -0.39 is 68.9 Å². The van der Waals surface area contributed by atoms with E-state index in [9.17, 15) is 41.3 Å². The van der Waals surface area contributed by atoms with Gasteiger partial charge in [0.1, 0.15) is 18.5 Å². The van der Waals surface area contributed by atoms with Crippen LogP contribution >= 0.6 is 23.4 Å². The molecule has 0 saturated carbocycles. The standard InChI is InChI=1S/C28H23ClF3NO11S2/c29-16-45-24-21(15-40-25(34)17-7-3-1-4-8-17)42-27(41-20-13-11-19(12-14-20)33(36)37)23(44-46(38,39)28(30,31)32)22(24)43-26(35)18-9-5-2-6-10-18/h1-14,21-24,27H,15-16H2/t21-,22-,23+,24-,27-/m1/s1. The maximum atomic E-state index is 13.6. The molecule has 0 bridgehead atoms. The minimum atomic E-state index is -6.36. The monoisotopic (exact) mass is 705 g/mol. The van der Waals surface area contributed by atoms with Crippen molar-refractivity contribution in [2.24, 2.45) is 0 Å². The molecule has 46 heavy (non-hydrogen) atoms. The van der Waals surface area contributed by atoms with E-state index in [4.69, 9.17) is 30.5 Å². The Labute approximate surface area is 268 Å². The van der Waals surface area contributed by atoms with E-state index in [1.807, 2.05) is 0 Å². The molecule has 1 aliphatic rings. The zero-order chi connectivity index (χ0) is 33.5. The lowest BCUT2D eigenvalue weighted by Crippen LogP contribution is -2.62. The van der Waals surface area contributed by atoms with Crippen molar-refractivity contribution in [3.63, 3.8) is 0 Å². The largest absolute Gasteiger partial charge is 0.523 e. The van der Waals surface area contributed by atoms with E-state index >= 15 is 0 Å². The van der Waals surface area contributed by atoms with Gasteiger partial charge in [0, 0.05) is 12.1 Å². The summed E-state index contributed by atoms with van der Waals surface area (Å²) in [5.74, 6) is -2.09. The summed E-state index contributed by atoms with van der Waals surface area (Å²) in [6.07, 6.45) is -7.58. The van der Waals surface area contributed by atoms with E-state index in [2.05, 4.69) is 4.18 Å². The SMILES string of the molecule is O=C(OC[C@H]1O[C@@H](Oc2ccc([N+](=O)[O-])cc2)[C@@H](OS(=O)(=O)C(F)(F)F)[C@@H](OC(=O)c2ccccc2)[C@@H]1SCCl)c1ccccc1. The Hall–Kier alpha value is -3.90. The summed E-state index contributed by atoms with van der Waals surface area (Å²) in [6.45, 7) is -0.583. The van der Waals surface area contributed by atoms with Crippen LogP contribution in [0, 0.1) is 10.1 Å². The fraction of sp³-hybridized carbons (Fsp3) is 0.286. The van der Waals surface area contributed by atoms with Gasteiger partial charge in [-0.25, -0.2) is 13.8 Å². The van der Waals surface area contributed by atoms with Gasteiger partial charge in [0.15, 0.2) is 12.2 Å². The van der Waals surface area contributed by atoms with Crippen LogP contribution < -0.4 is 4.74 Å². The van der Waals surface area contributed by atoms with Crippen LogP contribution in [0.2, 0.25) is 0 Å². The second kappa shape index (κ2) is 15.1. The molecule has 0 N–H and O–H groups in total. The summed E-state index contributed by atoms with van der Waals surface area (Å²) in [7, 11) is -6.36. The van der Waals surface area contributed by atoms with Crippen LogP contribution in [0.4, 0.5) is 18.9 Å². The highest BCUT2D eigenvalue weighted by atomic mass is 35.5. The molecule has 1 saturated heterocycles. The third-order valence-electron chi connectivity index (χ3n) is 6.31. The number of thioether (sulfide) groups is 1. The quantitative estimate of drug-likeness (QED) is 0.0598. The molecule has 0 unspecified atom stereocenters. The van der Waals surface area contributed by atoms with Crippen LogP contribution in [-0.2, 0) is 28.5 Å². The number of carbonyl (C=O) groups is 2. The summed E-state index contributed by atoms with van der Waals surface area (Å²) in [5.41, 5.74) is -6.15. The fourth-order valence-corrected chi connectivity index (χ4v) is 6.12. The average Bonchev–Trinajstić information content (AvgIpc) is 3.03. The molecule has 5 atom stereocenters. The maximum absolute atomic E-state index is 13.6. The number of hydrogen-bond donors (Lipinski definition) is 0. The molecule has 0 radical (unpaired) electrons. The number of alkyl halides is 4. The number of carbonyl (C=O) groups excluding carboxylic acids is 2. The Morgan fingerprint density at radius 3 is 2.00 bits per heavy atom. The smallest absolute Gasteiger partial charge is 0.462 e. The molecule has 12 nitrogen and oxygen atoms in total. The molecule has 0 spiro atoms. The highest BCUT2D eigenvalue weighted by molar-refractivity contribution is 8.01. The van der Waals surface area contributed by atoms with Gasteiger partial charge >= 0.3 is 27.6 Å². The van der Waals surface area contributed by atoms with Gasteiger partial charge in [-0.3, -0.25) is 10.1 Å². The van der Waals surface area contributed by atoms with Gasteiger partial charge in [0.25, 0.3) is 5.69 Å². The van der Waals surface area contributed by atoms with Crippen molar-refractivity contribution in [3.05, 3.63) is 106 Å². The first-order chi connectivity index (χ1) is 21.8. The predicted molar refractivity (Wildman–Crippen MR) is 157 cm³/mol. The summed E-state index contributed by atoms with van der Waals surface area (Å²) in [4.78, 5) is 36.2. The Morgan fingerprint density at radius 1 is 0.913 bits per heavy atom. The van der Waals surface area contributed by atoms with Crippen molar-refractivity contribution in [3.8, 4) is 5.75 Å². The molecule has 18 heteroatoms. The Kier molecular flexibility index (Phi) is 11.5. The second-order valence-electron chi connectivity index (χ2n) is 9.31. The van der Waals surface area contributed by atoms with Gasteiger partial charge in [0.05, 0.1) is 26.5 Å². The van der Waals surface area contributed by atoms with Gasteiger partial charge in [-0.05, 0) is 36.4 Å². The summed E-state index contributed by atoms with van der Waals surface area (Å²) in [6, 6.07) is 19.2. The highest BCUT2D eigenvalue weighted by Gasteiger charge is 2.57. The number of benzene rings is 3. The Morgan fingerprint density at radius 2 is 1.48 bits per heavy atom. The van der Waals surface area contributed by atoms with E-state index in [0.29, 0.717) is 0 Å². The van der Waals surface area contributed by atoms with Crippen molar-refractivity contribution in [2.75, 3.05) is 11.8 Å². The summed E-state index contributed by atoms with van der Waals surface area (Å²) in [5, 5.41) is 9.54. The minimum absolute atomic E-state index is 0.0408. The lowest BCUT2D eigenvalue weighted by atomic mass is 10.0. The number of nitro benzene ring substituents is 1. The van der Waals surface area contributed by atoms with Crippen molar-refractivity contribution in [1.29, 1.82) is 0 Å². The van der Waals surface area contributed by atoms with Crippen molar-refractivity contribution >= 4 is 51.1 Å². The minimum Gasteiger partial charge on any atom is -0.462 e. The van der Waals surface area contributed by atoms with E-state index in [-0.39, 0.29) is 27.8 Å². The molecule has 1 fully saturated rings. The first kappa shape index (κ1) is 35.0. The van der Waals surface area contributed by atoms with Crippen molar-refractivity contribution < 1.29 is 59.2 Å². The van der Waals surface area contributed by atoms with Gasteiger partial charge in [-0.15, -0.1) is 23.4 Å². The highest BCUT2D eigenvalue weighted by Crippen LogP contribution is 2.38. The zero-order valence-electron chi connectivity index (χ0n) is 23.2. The molecule has 0 aliphatic carbocycles. The van der Waals surface area contributed by atoms with Crippen LogP contribution in [0.3, 0.4) is 0 Å². The zero-order valence-corrected chi connectivity index (χ0v) is 25.5. The number of nitrogens with zero attached hydrogens (tertiary/aromatic N) is 1. The summed E-state index contributed by atoms with van der Waals surface area (Å²) < 4.78 is 92.3. The molecular weight excluding hydrogens is 683 g/mol. The number of esters is 2. The normalized spacial score (nSPS) is 21.6.